The molecule has 0 aliphatic carbocycles. The summed E-state index contributed by atoms with van der Waals surface area (Å²) in [6.07, 6.45) is 0. The van der Waals surface area contributed by atoms with E-state index in [1.165, 1.54) is 11.3 Å². The number of thiazole rings is 1. The van der Waals surface area contributed by atoms with Crippen LogP contribution in [0.1, 0.15) is 15.5 Å². The monoisotopic (exact) mass is 291 g/mol. The molecule has 6 nitrogen and oxygen atoms in total. The lowest BCUT2D eigenvalue weighted by molar-refractivity contribution is 0.102. The SMILES string of the molecule is Cc1nc(C(=O)Nc2cc3c(cc2N)OCCO3)cs1. The number of fused-ring (bicyclic) bond motifs is 1. The van der Waals surface area contributed by atoms with Gasteiger partial charge < -0.3 is 20.5 Å². The lowest BCUT2D eigenvalue weighted by Crippen LogP contribution is -2.17. The first-order chi connectivity index (χ1) is 9.63. The van der Waals surface area contributed by atoms with Crippen molar-refractivity contribution in [2.24, 2.45) is 0 Å². The highest BCUT2D eigenvalue weighted by molar-refractivity contribution is 7.09. The zero-order chi connectivity index (χ0) is 14.1. The van der Waals surface area contributed by atoms with Gasteiger partial charge in [-0.05, 0) is 6.92 Å². The molecular formula is C13H13N3O3S. The summed E-state index contributed by atoms with van der Waals surface area (Å²) in [5.41, 5.74) is 7.20. The van der Waals surface area contributed by atoms with Crippen molar-refractivity contribution in [2.75, 3.05) is 24.3 Å². The summed E-state index contributed by atoms with van der Waals surface area (Å²) in [5.74, 6) is 0.879. The van der Waals surface area contributed by atoms with Gasteiger partial charge in [0.15, 0.2) is 11.5 Å². The lowest BCUT2D eigenvalue weighted by Gasteiger charge is -2.20. The molecule has 1 aliphatic rings. The summed E-state index contributed by atoms with van der Waals surface area (Å²) in [5, 5.41) is 5.28. The van der Waals surface area contributed by atoms with E-state index in [0.717, 1.165) is 5.01 Å². The van der Waals surface area contributed by atoms with Gasteiger partial charge in [0, 0.05) is 17.5 Å². The van der Waals surface area contributed by atoms with Gasteiger partial charge in [-0.3, -0.25) is 4.79 Å². The summed E-state index contributed by atoms with van der Waals surface area (Å²) in [4.78, 5) is 16.2. The Kier molecular flexibility index (Phi) is 3.19. The molecule has 7 heteroatoms. The molecule has 3 N–H and O–H groups in total. The molecule has 0 radical (unpaired) electrons. The summed E-state index contributed by atoms with van der Waals surface area (Å²) in [6.45, 7) is 2.83. The Morgan fingerprint density at radius 1 is 1.35 bits per heavy atom. The van der Waals surface area contributed by atoms with Crippen LogP contribution in [0, 0.1) is 6.92 Å². The first-order valence-corrected chi connectivity index (χ1v) is 6.94. The van der Waals surface area contributed by atoms with Crippen LogP contribution in [0.5, 0.6) is 11.5 Å². The van der Waals surface area contributed by atoms with E-state index < -0.39 is 0 Å². The van der Waals surface area contributed by atoms with E-state index in [0.29, 0.717) is 41.8 Å². The molecule has 104 valence electrons. The number of anilines is 2. The van der Waals surface area contributed by atoms with Gasteiger partial charge in [-0.1, -0.05) is 0 Å². The van der Waals surface area contributed by atoms with Crippen molar-refractivity contribution in [3.8, 4) is 11.5 Å². The third-order valence-corrected chi connectivity index (χ3v) is 3.59. The average molecular weight is 291 g/mol. The Hall–Kier alpha value is -2.28. The van der Waals surface area contributed by atoms with Gasteiger partial charge in [0.25, 0.3) is 5.91 Å². The number of nitrogens with one attached hydrogen (secondary N) is 1. The van der Waals surface area contributed by atoms with Crippen molar-refractivity contribution in [3.63, 3.8) is 0 Å². The molecule has 0 unspecified atom stereocenters. The standard InChI is InChI=1S/C13H13N3O3S/c1-7-15-10(6-20-7)13(17)16-9-5-12-11(4-8(9)14)18-2-3-19-12/h4-6H,2-3,14H2,1H3,(H,16,17). The van der Waals surface area contributed by atoms with Gasteiger partial charge in [-0.25, -0.2) is 4.98 Å². The summed E-state index contributed by atoms with van der Waals surface area (Å²) in [6, 6.07) is 3.32. The Bertz CT molecular complexity index is 669. The van der Waals surface area contributed by atoms with Crippen LogP contribution in [-0.4, -0.2) is 24.1 Å². The molecule has 0 fully saturated rings. The van der Waals surface area contributed by atoms with E-state index in [2.05, 4.69) is 10.3 Å². The number of hydrogen-bond acceptors (Lipinski definition) is 6. The van der Waals surface area contributed by atoms with E-state index >= 15 is 0 Å². The molecular weight excluding hydrogens is 278 g/mol. The van der Waals surface area contributed by atoms with E-state index in [4.69, 9.17) is 15.2 Å². The number of nitrogen functional groups attached to an aromatic ring is 1. The minimum atomic E-state index is -0.294. The van der Waals surface area contributed by atoms with Gasteiger partial charge in [-0.2, -0.15) is 0 Å². The molecule has 0 spiro atoms. The minimum Gasteiger partial charge on any atom is -0.486 e. The fourth-order valence-electron chi connectivity index (χ4n) is 1.87. The van der Waals surface area contributed by atoms with Crippen LogP contribution in [0.4, 0.5) is 11.4 Å². The molecule has 0 saturated carbocycles. The zero-order valence-corrected chi connectivity index (χ0v) is 11.6. The molecule has 20 heavy (non-hydrogen) atoms. The van der Waals surface area contributed by atoms with Crippen LogP contribution in [0.2, 0.25) is 0 Å². The first kappa shape index (κ1) is 12.7. The maximum atomic E-state index is 12.1. The Labute approximate surface area is 119 Å². The largest absolute Gasteiger partial charge is 0.486 e. The average Bonchev–Trinajstić information content (AvgIpc) is 2.86. The van der Waals surface area contributed by atoms with Gasteiger partial charge >= 0.3 is 0 Å². The second kappa shape index (κ2) is 5.01. The smallest absolute Gasteiger partial charge is 0.275 e. The van der Waals surface area contributed by atoms with Gasteiger partial charge in [0.2, 0.25) is 0 Å². The predicted octanol–water partition coefficient (Wildman–Crippen LogP) is 2.06. The molecule has 0 saturated heterocycles. The number of aromatic nitrogens is 1. The highest BCUT2D eigenvalue weighted by Gasteiger charge is 2.17. The molecule has 2 heterocycles. The number of aryl methyl sites for hydroxylation is 1. The van der Waals surface area contributed by atoms with Gasteiger partial charge in [0.05, 0.1) is 16.4 Å². The summed E-state index contributed by atoms with van der Waals surface area (Å²) in [7, 11) is 0. The maximum absolute atomic E-state index is 12.1. The van der Waals surface area contributed by atoms with Crippen molar-refractivity contribution in [3.05, 3.63) is 28.2 Å². The normalized spacial score (nSPS) is 13.1. The van der Waals surface area contributed by atoms with Crippen LogP contribution < -0.4 is 20.5 Å². The molecule has 1 aliphatic heterocycles. The Morgan fingerprint density at radius 3 is 2.70 bits per heavy atom. The Morgan fingerprint density at radius 2 is 2.05 bits per heavy atom. The molecule has 2 aromatic rings. The van der Waals surface area contributed by atoms with Gasteiger partial charge in [-0.15, -0.1) is 11.3 Å². The number of hydrogen-bond donors (Lipinski definition) is 2. The number of rotatable bonds is 2. The topological polar surface area (TPSA) is 86.5 Å². The van der Waals surface area contributed by atoms with Crippen LogP contribution in [0.25, 0.3) is 0 Å². The molecule has 1 aromatic carbocycles. The fraction of sp³-hybridized carbons (Fsp3) is 0.231. The summed E-state index contributed by atoms with van der Waals surface area (Å²) >= 11 is 1.42. The third-order valence-electron chi connectivity index (χ3n) is 2.81. The number of nitrogens with two attached hydrogens (primary N) is 1. The lowest BCUT2D eigenvalue weighted by atomic mass is 10.2. The quantitative estimate of drug-likeness (QED) is 0.827. The fourth-order valence-corrected chi connectivity index (χ4v) is 2.46. The highest BCUT2D eigenvalue weighted by atomic mass is 32.1. The first-order valence-electron chi connectivity index (χ1n) is 6.06. The highest BCUT2D eigenvalue weighted by Crippen LogP contribution is 2.37. The van der Waals surface area contributed by atoms with Crippen LogP contribution in [0.3, 0.4) is 0 Å². The van der Waals surface area contributed by atoms with Crippen LogP contribution in [0.15, 0.2) is 17.5 Å². The molecule has 0 atom stereocenters. The maximum Gasteiger partial charge on any atom is 0.275 e. The number of carbonyl (C=O) groups is 1. The number of ether oxygens (including phenoxy) is 2. The minimum absolute atomic E-state index is 0.294. The zero-order valence-electron chi connectivity index (χ0n) is 10.8. The van der Waals surface area contributed by atoms with Crippen LogP contribution >= 0.6 is 11.3 Å². The number of carbonyl (C=O) groups excluding carboxylic acids is 1. The van der Waals surface area contributed by atoms with Crippen LogP contribution in [-0.2, 0) is 0 Å². The van der Waals surface area contributed by atoms with E-state index in [1.807, 2.05) is 6.92 Å². The number of nitrogens with zero attached hydrogens (tertiary/aromatic N) is 1. The van der Waals surface area contributed by atoms with E-state index in [1.54, 1.807) is 17.5 Å². The molecule has 1 amide bonds. The van der Waals surface area contributed by atoms with Crippen molar-refractivity contribution < 1.29 is 14.3 Å². The van der Waals surface area contributed by atoms with E-state index in [9.17, 15) is 4.79 Å². The van der Waals surface area contributed by atoms with Crippen molar-refractivity contribution >= 4 is 28.6 Å². The number of benzene rings is 1. The predicted molar refractivity (Wildman–Crippen MR) is 76.6 cm³/mol. The molecule has 0 bridgehead atoms. The van der Waals surface area contributed by atoms with Gasteiger partial charge in [0.1, 0.15) is 18.9 Å². The third kappa shape index (κ3) is 2.39. The van der Waals surface area contributed by atoms with E-state index in [-0.39, 0.29) is 5.91 Å². The second-order valence-electron chi connectivity index (χ2n) is 4.29. The van der Waals surface area contributed by atoms with Crippen molar-refractivity contribution in [1.82, 2.24) is 4.98 Å². The molecule has 3 rings (SSSR count). The summed E-state index contributed by atoms with van der Waals surface area (Å²) < 4.78 is 10.9. The van der Waals surface area contributed by atoms with Crippen molar-refractivity contribution in [1.29, 1.82) is 0 Å². The molecule has 1 aromatic heterocycles. The Balaban J connectivity index is 1.85. The second-order valence-corrected chi connectivity index (χ2v) is 5.35. The van der Waals surface area contributed by atoms with Crippen molar-refractivity contribution in [2.45, 2.75) is 6.92 Å². The number of amides is 1.